The molecule has 0 radical (unpaired) electrons. The number of carbonyl (C=O) groups is 1. The summed E-state index contributed by atoms with van der Waals surface area (Å²) < 4.78 is 5.09. The summed E-state index contributed by atoms with van der Waals surface area (Å²) in [6.07, 6.45) is 0.209. The first kappa shape index (κ1) is 18.3. The average Bonchev–Trinajstić information content (AvgIpc) is 2.17. The number of ether oxygens (including phenoxy) is 1. The van der Waals surface area contributed by atoms with Crippen molar-refractivity contribution in [3.63, 3.8) is 0 Å². The minimum atomic E-state index is -0.736. The van der Waals surface area contributed by atoms with Gasteiger partial charge in [-0.05, 0) is 0 Å². The Hall–Kier alpha value is -0.0700. The van der Waals surface area contributed by atoms with E-state index in [0.717, 1.165) is 19.6 Å². The Kier molecular flexibility index (Phi) is 11.6. The standard InChI is InChI=1S/C9H18N2O3.2ClH/c1-14-7-8-6-10-3-5-11(8)4-2-9(12)13;;/h8,10H,2-7H2,1H3,(H,12,13);2*1H/t8-;;/m0../s1. The number of hydrogen-bond acceptors (Lipinski definition) is 4. The van der Waals surface area contributed by atoms with E-state index in [9.17, 15) is 4.79 Å². The molecule has 1 aliphatic heterocycles. The van der Waals surface area contributed by atoms with Crippen LogP contribution >= 0.6 is 24.8 Å². The highest BCUT2D eigenvalue weighted by molar-refractivity contribution is 5.85. The first-order chi connectivity index (χ1) is 6.74. The molecule has 16 heavy (non-hydrogen) atoms. The average molecular weight is 275 g/mol. The van der Waals surface area contributed by atoms with Crippen molar-refractivity contribution in [2.75, 3.05) is 39.9 Å². The zero-order valence-corrected chi connectivity index (χ0v) is 11.0. The number of piperazine rings is 1. The molecule has 1 fully saturated rings. The van der Waals surface area contributed by atoms with Crippen LogP contribution in [0.3, 0.4) is 0 Å². The normalized spacial score (nSPS) is 20.7. The summed E-state index contributed by atoms with van der Waals surface area (Å²) in [5.74, 6) is -0.736. The largest absolute Gasteiger partial charge is 0.481 e. The van der Waals surface area contributed by atoms with Gasteiger partial charge in [-0.2, -0.15) is 0 Å². The van der Waals surface area contributed by atoms with Gasteiger partial charge in [0.25, 0.3) is 0 Å². The first-order valence-electron chi connectivity index (χ1n) is 4.89. The fourth-order valence-corrected chi connectivity index (χ4v) is 1.69. The molecule has 0 aromatic heterocycles. The van der Waals surface area contributed by atoms with Gasteiger partial charge in [0.05, 0.1) is 13.0 Å². The molecule has 7 heteroatoms. The third-order valence-corrected chi connectivity index (χ3v) is 2.44. The third-order valence-electron chi connectivity index (χ3n) is 2.44. The molecule has 0 amide bonds. The maximum atomic E-state index is 10.4. The molecule has 2 N–H and O–H groups in total. The molecule has 1 rings (SSSR count). The van der Waals surface area contributed by atoms with E-state index in [2.05, 4.69) is 10.2 Å². The van der Waals surface area contributed by atoms with E-state index < -0.39 is 5.97 Å². The Morgan fingerprint density at radius 3 is 2.81 bits per heavy atom. The van der Waals surface area contributed by atoms with E-state index in [1.807, 2.05) is 0 Å². The van der Waals surface area contributed by atoms with E-state index in [0.29, 0.717) is 19.2 Å². The minimum Gasteiger partial charge on any atom is -0.481 e. The predicted molar refractivity (Wildman–Crippen MR) is 66.9 cm³/mol. The number of carboxylic acid groups (broad SMARTS) is 1. The van der Waals surface area contributed by atoms with Crippen LogP contribution in [0, 0.1) is 0 Å². The number of aliphatic carboxylic acids is 1. The van der Waals surface area contributed by atoms with Crippen LogP contribution in [0.25, 0.3) is 0 Å². The number of halogens is 2. The van der Waals surface area contributed by atoms with Crippen LogP contribution in [0.5, 0.6) is 0 Å². The van der Waals surface area contributed by atoms with Gasteiger partial charge in [-0.15, -0.1) is 24.8 Å². The molecule has 0 aromatic carbocycles. The van der Waals surface area contributed by atoms with Crippen LogP contribution in [-0.2, 0) is 9.53 Å². The zero-order chi connectivity index (χ0) is 10.4. The summed E-state index contributed by atoms with van der Waals surface area (Å²) in [7, 11) is 1.67. The maximum Gasteiger partial charge on any atom is 0.304 e. The van der Waals surface area contributed by atoms with Crippen LogP contribution in [-0.4, -0.2) is 61.9 Å². The first-order valence-corrected chi connectivity index (χ1v) is 4.89. The van der Waals surface area contributed by atoms with E-state index in [4.69, 9.17) is 9.84 Å². The summed E-state index contributed by atoms with van der Waals surface area (Å²) in [6, 6.07) is 0.313. The van der Waals surface area contributed by atoms with E-state index >= 15 is 0 Å². The maximum absolute atomic E-state index is 10.4. The Bertz CT molecular complexity index is 194. The van der Waals surface area contributed by atoms with Gasteiger partial charge < -0.3 is 15.2 Å². The zero-order valence-electron chi connectivity index (χ0n) is 9.35. The smallest absolute Gasteiger partial charge is 0.304 e. The van der Waals surface area contributed by atoms with Crippen molar-refractivity contribution in [3.05, 3.63) is 0 Å². The lowest BCUT2D eigenvalue weighted by Crippen LogP contribution is -2.53. The monoisotopic (exact) mass is 274 g/mol. The van der Waals surface area contributed by atoms with Gasteiger partial charge in [-0.3, -0.25) is 9.69 Å². The third kappa shape index (κ3) is 6.50. The van der Waals surface area contributed by atoms with Gasteiger partial charge in [-0.25, -0.2) is 0 Å². The van der Waals surface area contributed by atoms with Gasteiger partial charge in [0, 0.05) is 39.3 Å². The molecule has 0 saturated carbocycles. The molecule has 1 heterocycles. The van der Waals surface area contributed by atoms with E-state index in [1.54, 1.807) is 7.11 Å². The number of methoxy groups -OCH3 is 1. The van der Waals surface area contributed by atoms with Gasteiger partial charge >= 0.3 is 5.97 Å². The van der Waals surface area contributed by atoms with Crippen LogP contribution in [0.15, 0.2) is 0 Å². The van der Waals surface area contributed by atoms with Crippen molar-refractivity contribution in [2.45, 2.75) is 12.5 Å². The molecule has 1 saturated heterocycles. The fourth-order valence-electron chi connectivity index (χ4n) is 1.69. The number of hydrogen-bond donors (Lipinski definition) is 2. The Labute approximate surface area is 108 Å². The molecule has 0 spiro atoms. The van der Waals surface area contributed by atoms with Crippen molar-refractivity contribution in [3.8, 4) is 0 Å². The van der Waals surface area contributed by atoms with Gasteiger partial charge in [0.1, 0.15) is 0 Å². The van der Waals surface area contributed by atoms with Crippen molar-refractivity contribution < 1.29 is 14.6 Å². The van der Waals surface area contributed by atoms with Crippen LogP contribution in [0.2, 0.25) is 0 Å². The van der Waals surface area contributed by atoms with Crippen molar-refractivity contribution >= 4 is 30.8 Å². The molecule has 0 unspecified atom stereocenters. The lowest BCUT2D eigenvalue weighted by atomic mass is 10.2. The lowest BCUT2D eigenvalue weighted by Gasteiger charge is -2.35. The summed E-state index contributed by atoms with van der Waals surface area (Å²) in [5, 5.41) is 11.9. The number of nitrogens with zero attached hydrogens (tertiary/aromatic N) is 1. The highest BCUT2D eigenvalue weighted by atomic mass is 35.5. The second-order valence-corrected chi connectivity index (χ2v) is 3.49. The second kappa shape index (κ2) is 10.1. The van der Waals surface area contributed by atoms with Crippen LogP contribution in [0.1, 0.15) is 6.42 Å². The SMILES string of the molecule is COC[C@@H]1CNCCN1CCC(=O)O.Cl.Cl. The topological polar surface area (TPSA) is 61.8 Å². The van der Waals surface area contributed by atoms with Crippen molar-refractivity contribution in [1.29, 1.82) is 0 Å². The fraction of sp³-hybridized carbons (Fsp3) is 0.889. The summed E-state index contributed by atoms with van der Waals surface area (Å²) in [6.45, 7) is 3.99. The molecule has 0 aliphatic carbocycles. The van der Waals surface area contributed by atoms with Crippen molar-refractivity contribution in [1.82, 2.24) is 10.2 Å². The molecular formula is C9H20Cl2N2O3. The lowest BCUT2D eigenvalue weighted by molar-refractivity contribution is -0.137. The quantitative estimate of drug-likeness (QED) is 0.752. The molecule has 0 aromatic rings. The number of nitrogens with one attached hydrogen (secondary N) is 1. The number of carboxylic acids is 1. The molecule has 1 aliphatic rings. The second-order valence-electron chi connectivity index (χ2n) is 3.49. The summed E-state index contributed by atoms with van der Waals surface area (Å²) >= 11 is 0. The Morgan fingerprint density at radius 1 is 1.56 bits per heavy atom. The summed E-state index contributed by atoms with van der Waals surface area (Å²) in [5.41, 5.74) is 0. The van der Waals surface area contributed by atoms with E-state index in [-0.39, 0.29) is 31.2 Å². The highest BCUT2D eigenvalue weighted by Gasteiger charge is 2.21. The van der Waals surface area contributed by atoms with Crippen LogP contribution in [0.4, 0.5) is 0 Å². The van der Waals surface area contributed by atoms with E-state index in [1.165, 1.54) is 0 Å². The Morgan fingerprint density at radius 2 is 2.25 bits per heavy atom. The minimum absolute atomic E-state index is 0. The summed E-state index contributed by atoms with van der Waals surface area (Å²) in [4.78, 5) is 12.6. The highest BCUT2D eigenvalue weighted by Crippen LogP contribution is 2.04. The van der Waals surface area contributed by atoms with Crippen LogP contribution < -0.4 is 5.32 Å². The molecule has 1 atom stereocenters. The van der Waals surface area contributed by atoms with Gasteiger partial charge in [-0.1, -0.05) is 0 Å². The Balaban J connectivity index is 0. The molecule has 5 nitrogen and oxygen atoms in total. The number of rotatable bonds is 5. The predicted octanol–water partition coefficient (Wildman–Crippen LogP) is 0.225. The van der Waals surface area contributed by atoms with Gasteiger partial charge in [0.15, 0.2) is 0 Å². The van der Waals surface area contributed by atoms with Gasteiger partial charge in [0.2, 0.25) is 0 Å². The molecule has 98 valence electrons. The molecular weight excluding hydrogens is 255 g/mol. The van der Waals surface area contributed by atoms with Crippen molar-refractivity contribution in [2.24, 2.45) is 0 Å². The molecule has 0 bridgehead atoms.